The Morgan fingerprint density at radius 1 is 1.14 bits per heavy atom. The lowest BCUT2D eigenvalue weighted by Gasteiger charge is -2.36. The molecule has 0 aliphatic carbocycles. The van der Waals surface area contributed by atoms with Crippen LogP contribution in [-0.2, 0) is 4.79 Å². The Balaban J connectivity index is 1.54. The van der Waals surface area contributed by atoms with Crippen molar-refractivity contribution in [1.29, 1.82) is 0 Å². The normalized spacial score (nSPS) is 14.1. The van der Waals surface area contributed by atoms with E-state index in [9.17, 15) is 14.9 Å². The molecule has 0 spiro atoms. The van der Waals surface area contributed by atoms with Gasteiger partial charge in [0.1, 0.15) is 5.75 Å². The second-order valence-corrected chi connectivity index (χ2v) is 7.23. The average Bonchev–Trinajstić information content (AvgIpc) is 2.67. The maximum Gasteiger partial charge on any atom is 0.271 e. The fraction of sp³-hybridized carbons (Fsp3) is 0.350. The minimum Gasteiger partial charge on any atom is -0.484 e. The first kappa shape index (κ1) is 19.9. The summed E-state index contributed by atoms with van der Waals surface area (Å²) in [5.41, 5.74) is 2.86. The Labute approximate surface area is 168 Å². The summed E-state index contributed by atoms with van der Waals surface area (Å²) in [5, 5.41) is 11.2. The molecule has 0 unspecified atom stereocenters. The summed E-state index contributed by atoms with van der Waals surface area (Å²) in [6.07, 6.45) is 0. The Morgan fingerprint density at radius 3 is 2.46 bits per heavy atom. The second-order valence-electron chi connectivity index (χ2n) is 6.82. The van der Waals surface area contributed by atoms with Crippen molar-refractivity contribution in [2.45, 2.75) is 13.8 Å². The number of halogens is 1. The topological polar surface area (TPSA) is 75.9 Å². The number of ether oxygens (including phenoxy) is 1. The van der Waals surface area contributed by atoms with E-state index in [1.807, 2.05) is 36.9 Å². The number of benzene rings is 2. The lowest BCUT2D eigenvalue weighted by Crippen LogP contribution is -2.50. The monoisotopic (exact) mass is 403 g/mol. The van der Waals surface area contributed by atoms with E-state index >= 15 is 0 Å². The van der Waals surface area contributed by atoms with Gasteiger partial charge in [-0.25, -0.2) is 0 Å². The zero-order chi connectivity index (χ0) is 20.3. The minimum atomic E-state index is -0.470. The van der Waals surface area contributed by atoms with Gasteiger partial charge in [-0.3, -0.25) is 14.9 Å². The van der Waals surface area contributed by atoms with Gasteiger partial charge in [0.15, 0.2) is 6.61 Å². The van der Waals surface area contributed by atoms with Crippen LogP contribution in [0.2, 0.25) is 5.02 Å². The van der Waals surface area contributed by atoms with E-state index in [2.05, 4.69) is 0 Å². The van der Waals surface area contributed by atoms with E-state index in [1.54, 1.807) is 11.0 Å². The molecule has 7 nitrogen and oxygen atoms in total. The van der Waals surface area contributed by atoms with Gasteiger partial charge in [0.2, 0.25) is 0 Å². The number of rotatable bonds is 5. The van der Waals surface area contributed by atoms with Gasteiger partial charge in [0.25, 0.3) is 11.6 Å². The molecule has 2 aromatic carbocycles. The smallest absolute Gasteiger partial charge is 0.271 e. The zero-order valence-electron chi connectivity index (χ0n) is 15.9. The summed E-state index contributed by atoms with van der Waals surface area (Å²) in [6.45, 7) is 6.27. The molecule has 0 aromatic heterocycles. The Bertz CT molecular complexity index is 895. The van der Waals surface area contributed by atoms with Crippen molar-refractivity contribution in [1.82, 2.24) is 4.90 Å². The molecular formula is C20H22ClN3O4. The minimum absolute atomic E-state index is 0.00217. The maximum atomic E-state index is 12.5. The molecule has 0 radical (unpaired) electrons. The molecule has 8 heteroatoms. The number of nitro benzene ring substituents is 1. The van der Waals surface area contributed by atoms with Crippen LogP contribution in [0.15, 0.2) is 36.4 Å². The van der Waals surface area contributed by atoms with E-state index < -0.39 is 4.92 Å². The number of carbonyl (C=O) groups excluding carboxylic acids is 1. The Kier molecular flexibility index (Phi) is 6.04. The molecule has 1 fully saturated rings. The summed E-state index contributed by atoms with van der Waals surface area (Å²) < 4.78 is 5.68. The Hall–Kier alpha value is -2.80. The van der Waals surface area contributed by atoms with Crippen molar-refractivity contribution in [3.05, 3.63) is 62.7 Å². The van der Waals surface area contributed by atoms with Crippen LogP contribution in [0.4, 0.5) is 11.4 Å². The number of non-ortho nitro benzene ring substituents is 1. The molecule has 1 aliphatic heterocycles. The number of nitro groups is 1. The average molecular weight is 404 g/mol. The van der Waals surface area contributed by atoms with E-state index in [-0.39, 0.29) is 18.2 Å². The van der Waals surface area contributed by atoms with Gasteiger partial charge in [0.05, 0.1) is 15.6 Å². The quantitative estimate of drug-likeness (QED) is 0.563. The highest BCUT2D eigenvalue weighted by Crippen LogP contribution is 2.30. The van der Waals surface area contributed by atoms with Gasteiger partial charge in [0, 0.05) is 38.3 Å². The van der Waals surface area contributed by atoms with Gasteiger partial charge in [-0.2, -0.15) is 0 Å². The highest BCUT2D eigenvalue weighted by atomic mass is 35.5. The van der Waals surface area contributed by atoms with Crippen LogP contribution in [0.25, 0.3) is 0 Å². The van der Waals surface area contributed by atoms with Gasteiger partial charge in [-0.15, -0.1) is 0 Å². The van der Waals surface area contributed by atoms with Gasteiger partial charge < -0.3 is 14.5 Å². The molecule has 2 aromatic rings. The fourth-order valence-corrected chi connectivity index (χ4v) is 3.55. The predicted molar refractivity (Wildman–Crippen MR) is 108 cm³/mol. The number of nitrogens with zero attached hydrogens (tertiary/aromatic N) is 3. The van der Waals surface area contributed by atoms with E-state index in [0.29, 0.717) is 31.2 Å². The van der Waals surface area contributed by atoms with Crippen LogP contribution in [0.3, 0.4) is 0 Å². The van der Waals surface area contributed by atoms with Crippen molar-refractivity contribution in [3.8, 4) is 5.75 Å². The van der Waals surface area contributed by atoms with Crippen LogP contribution in [0.5, 0.6) is 5.75 Å². The molecule has 1 heterocycles. The SMILES string of the molecule is Cc1ccc(OCC(=O)N2CCN(c3ccc([N+](=O)[O-])cc3Cl)CC2)c(C)c1. The van der Waals surface area contributed by atoms with Gasteiger partial charge in [-0.05, 0) is 31.5 Å². The molecule has 148 valence electrons. The third-order valence-electron chi connectivity index (χ3n) is 4.80. The fourth-order valence-electron chi connectivity index (χ4n) is 3.25. The first-order valence-electron chi connectivity index (χ1n) is 9.02. The first-order valence-corrected chi connectivity index (χ1v) is 9.39. The van der Waals surface area contributed by atoms with Crippen LogP contribution in [0.1, 0.15) is 11.1 Å². The lowest BCUT2D eigenvalue weighted by atomic mass is 10.1. The molecule has 1 saturated heterocycles. The molecule has 0 bridgehead atoms. The molecule has 3 rings (SSSR count). The molecular weight excluding hydrogens is 382 g/mol. The molecule has 0 atom stereocenters. The summed E-state index contributed by atoms with van der Waals surface area (Å²) >= 11 is 6.20. The van der Waals surface area contributed by atoms with Crippen molar-refractivity contribution >= 4 is 28.9 Å². The second kappa shape index (κ2) is 8.48. The van der Waals surface area contributed by atoms with Gasteiger partial charge in [-0.1, -0.05) is 29.3 Å². The highest BCUT2D eigenvalue weighted by molar-refractivity contribution is 6.33. The number of amides is 1. The summed E-state index contributed by atoms with van der Waals surface area (Å²) in [5.74, 6) is 0.657. The summed E-state index contributed by atoms with van der Waals surface area (Å²) in [4.78, 5) is 26.6. The lowest BCUT2D eigenvalue weighted by molar-refractivity contribution is -0.384. The maximum absolute atomic E-state index is 12.5. The van der Waals surface area contributed by atoms with Crippen LogP contribution < -0.4 is 9.64 Å². The zero-order valence-corrected chi connectivity index (χ0v) is 16.6. The number of piperazine rings is 1. The molecule has 1 aliphatic rings. The number of hydrogen-bond donors (Lipinski definition) is 0. The number of aryl methyl sites for hydroxylation is 2. The highest BCUT2D eigenvalue weighted by Gasteiger charge is 2.23. The predicted octanol–water partition coefficient (Wildman–Crippen LogP) is 3.59. The van der Waals surface area contributed by atoms with Crippen molar-refractivity contribution in [2.75, 3.05) is 37.7 Å². The number of hydrogen-bond acceptors (Lipinski definition) is 5. The standard InChI is InChI=1S/C20H22ClN3O4/c1-14-3-6-19(15(2)11-14)28-13-20(25)23-9-7-22(8-10-23)18-5-4-16(24(26)27)12-17(18)21/h3-6,11-12H,7-10,13H2,1-2H3. The van der Waals surface area contributed by atoms with Crippen LogP contribution in [-0.4, -0.2) is 48.5 Å². The number of anilines is 1. The van der Waals surface area contributed by atoms with Crippen LogP contribution >= 0.6 is 11.6 Å². The van der Waals surface area contributed by atoms with Crippen molar-refractivity contribution < 1.29 is 14.5 Å². The third kappa shape index (κ3) is 4.54. The van der Waals surface area contributed by atoms with Crippen molar-refractivity contribution in [3.63, 3.8) is 0 Å². The molecule has 0 saturated carbocycles. The number of carbonyl (C=O) groups is 1. The largest absolute Gasteiger partial charge is 0.484 e. The van der Waals surface area contributed by atoms with E-state index in [1.165, 1.54) is 12.1 Å². The molecule has 0 N–H and O–H groups in total. The van der Waals surface area contributed by atoms with Gasteiger partial charge >= 0.3 is 0 Å². The summed E-state index contributed by atoms with van der Waals surface area (Å²) in [7, 11) is 0. The first-order chi connectivity index (χ1) is 13.3. The molecule has 28 heavy (non-hydrogen) atoms. The van der Waals surface area contributed by atoms with Crippen molar-refractivity contribution in [2.24, 2.45) is 0 Å². The van der Waals surface area contributed by atoms with Crippen LogP contribution in [0, 0.1) is 24.0 Å². The third-order valence-corrected chi connectivity index (χ3v) is 5.10. The summed E-state index contributed by atoms with van der Waals surface area (Å²) in [6, 6.07) is 10.3. The van der Waals surface area contributed by atoms with E-state index in [0.717, 1.165) is 22.6 Å². The van der Waals surface area contributed by atoms with E-state index in [4.69, 9.17) is 16.3 Å². The Morgan fingerprint density at radius 2 is 1.86 bits per heavy atom. The molecule has 1 amide bonds.